The third kappa shape index (κ3) is 4.95. The lowest BCUT2D eigenvalue weighted by Gasteiger charge is -2.13. The predicted octanol–water partition coefficient (Wildman–Crippen LogP) is 4.27. The first-order valence-corrected chi connectivity index (χ1v) is 12.1. The van der Waals surface area contributed by atoms with E-state index in [9.17, 15) is 14.4 Å². The largest absolute Gasteiger partial charge is 0.272 e. The molecule has 10 heteroatoms. The van der Waals surface area contributed by atoms with Gasteiger partial charge in [-0.15, -0.1) is 11.3 Å². The molecule has 0 aliphatic heterocycles. The molecule has 2 amide bonds. The summed E-state index contributed by atoms with van der Waals surface area (Å²) in [7, 11) is 0. The maximum absolute atomic E-state index is 13.4. The average Bonchev–Trinajstić information content (AvgIpc) is 3.11. The van der Waals surface area contributed by atoms with Gasteiger partial charge >= 0.3 is 0 Å². The summed E-state index contributed by atoms with van der Waals surface area (Å²) in [6.45, 7) is 3.85. The first-order valence-electron chi connectivity index (χ1n) is 9.91. The van der Waals surface area contributed by atoms with Crippen molar-refractivity contribution in [3.05, 3.63) is 86.0 Å². The molecule has 0 radical (unpaired) electrons. The number of amides is 2. The number of hydrogen-bond acceptors (Lipinski definition) is 6. The van der Waals surface area contributed by atoms with E-state index in [1.807, 2.05) is 13.8 Å². The van der Waals surface area contributed by atoms with E-state index in [1.54, 1.807) is 54.6 Å². The van der Waals surface area contributed by atoms with Crippen LogP contribution in [0.1, 0.15) is 20.8 Å². The van der Waals surface area contributed by atoms with Crippen molar-refractivity contribution in [2.24, 2.45) is 0 Å². The van der Waals surface area contributed by atoms with Crippen molar-refractivity contribution >= 4 is 56.7 Å². The monoisotopic (exact) mass is 498 g/mol. The van der Waals surface area contributed by atoms with Crippen LogP contribution in [-0.4, -0.2) is 27.1 Å². The van der Waals surface area contributed by atoms with Crippen LogP contribution in [0.4, 0.5) is 0 Å². The first-order chi connectivity index (χ1) is 15.8. The molecule has 2 N–H and O–H groups in total. The molecule has 2 heterocycles. The van der Waals surface area contributed by atoms with E-state index >= 15 is 0 Å². The number of carbonyl (C=O) groups excluding carboxylic acids is 2. The number of hydrogen-bond donors (Lipinski definition) is 2. The maximum Gasteiger partial charge on any atom is 0.269 e. The van der Waals surface area contributed by atoms with Gasteiger partial charge in [-0.2, -0.15) is 0 Å². The van der Waals surface area contributed by atoms with Crippen LogP contribution in [0.25, 0.3) is 15.9 Å². The minimum Gasteiger partial charge on any atom is -0.272 e. The highest BCUT2D eigenvalue weighted by Crippen LogP contribution is 2.29. The molecule has 0 unspecified atom stereocenters. The quantitative estimate of drug-likeness (QED) is 0.243. The van der Waals surface area contributed by atoms with Gasteiger partial charge in [-0.1, -0.05) is 41.6 Å². The highest BCUT2D eigenvalue weighted by Gasteiger charge is 2.19. The van der Waals surface area contributed by atoms with Gasteiger partial charge in [0.15, 0.2) is 5.16 Å². The van der Waals surface area contributed by atoms with Gasteiger partial charge in [-0.25, -0.2) is 4.98 Å². The van der Waals surface area contributed by atoms with E-state index < -0.39 is 11.8 Å². The number of hydrazine groups is 1. The Morgan fingerprint density at radius 3 is 2.45 bits per heavy atom. The summed E-state index contributed by atoms with van der Waals surface area (Å²) < 4.78 is 1.48. The van der Waals surface area contributed by atoms with Gasteiger partial charge in [0.1, 0.15) is 4.83 Å². The van der Waals surface area contributed by atoms with E-state index in [0.717, 1.165) is 22.2 Å². The number of benzene rings is 2. The molecule has 0 fully saturated rings. The molecule has 0 aliphatic rings. The lowest BCUT2D eigenvalue weighted by molar-refractivity contribution is -0.119. The SMILES string of the molecule is Cc1sc2nc(SCC(=O)NNC(=O)c3ccccc3)n(-c3ccc(Cl)cc3)c(=O)c2c1C. The van der Waals surface area contributed by atoms with Crippen LogP contribution in [0.2, 0.25) is 5.02 Å². The standard InChI is InChI=1S/C23H19ClN4O3S2/c1-13-14(2)33-21-19(13)22(31)28(17-10-8-16(24)9-11-17)23(25-21)32-12-18(29)26-27-20(30)15-6-4-3-5-7-15/h3-11H,12H2,1-2H3,(H,26,29)(H,27,30). The van der Waals surface area contributed by atoms with Crippen molar-refractivity contribution in [2.45, 2.75) is 19.0 Å². The highest BCUT2D eigenvalue weighted by molar-refractivity contribution is 7.99. The summed E-state index contributed by atoms with van der Waals surface area (Å²) in [5, 5.41) is 1.49. The van der Waals surface area contributed by atoms with Crippen LogP contribution in [0.3, 0.4) is 0 Å². The summed E-state index contributed by atoms with van der Waals surface area (Å²) in [5.41, 5.74) is 6.50. The topological polar surface area (TPSA) is 93.1 Å². The number of aromatic nitrogens is 2. The Kier molecular flexibility index (Phi) is 6.83. The minimum absolute atomic E-state index is 0.0516. The molecular formula is C23H19ClN4O3S2. The molecule has 0 saturated heterocycles. The fourth-order valence-electron chi connectivity index (χ4n) is 3.14. The Hall–Kier alpha value is -3.14. The zero-order chi connectivity index (χ0) is 23.5. The Bertz CT molecular complexity index is 1400. The van der Waals surface area contributed by atoms with E-state index in [0.29, 0.717) is 31.6 Å². The van der Waals surface area contributed by atoms with E-state index in [1.165, 1.54) is 15.9 Å². The van der Waals surface area contributed by atoms with E-state index in [2.05, 4.69) is 15.8 Å². The third-order valence-corrected chi connectivity index (χ3v) is 7.23. The second kappa shape index (κ2) is 9.78. The summed E-state index contributed by atoms with van der Waals surface area (Å²) in [6.07, 6.45) is 0. The van der Waals surface area contributed by atoms with Crippen LogP contribution in [0.15, 0.2) is 64.5 Å². The summed E-state index contributed by atoms with van der Waals surface area (Å²) in [5.74, 6) is -0.903. The maximum atomic E-state index is 13.4. The van der Waals surface area contributed by atoms with Gasteiger partial charge < -0.3 is 0 Å². The molecule has 2 aromatic carbocycles. The summed E-state index contributed by atoms with van der Waals surface area (Å²) >= 11 is 8.57. The van der Waals surface area contributed by atoms with Crippen molar-refractivity contribution in [1.29, 1.82) is 0 Å². The Labute approximate surface area is 202 Å². The van der Waals surface area contributed by atoms with Crippen LogP contribution >= 0.6 is 34.7 Å². The Balaban J connectivity index is 1.58. The number of thioether (sulfide) groups is 1. The van der Waals surface area contributed by atoms with Crippen molar-refractivity contribution in [3.63, 3.8) is 0 Å². The van der Waals surface area contributed by atoms with Gasteiger partial charge in [-0.3, -0.25) is 29.8 Å². The number of thiophene rings is 1. The fraction of sp³-hybridized carbons (Fsp3) is 0.130. The molecule has 0 aliphatic carbocycles. The van der Waals surface area contributed by atoms with Crippen molar-refractivity contribution in [2.75, 3.05) is 5.75 Å². The predicted molar refractivity (Wildman–Crippen MR) is 132 cm³/mol. The zero-order valence-electron chi connectivity index (χ0n) is 17.7. The van der Waals surface area contributed by atoms with Gasteiger partial charge in [0.05, 0.1) is 16.8 Å². The number of halogens is 1. The Morgan fingerprint density at radius 2 is 1.76 bits per heavy atom. The molecule has 4 aromatic rings. The summed E-state index contributed by atoms with van der Waals surface area (Å²) in [4.78, 5) is 44.2. The van der Waals surface area contributed by atoms with Crippen LogP contribution in [0.5, 0.6) is 0 Å². The second-order valence-electron chi connectivity index (χ2n) is 7.13. The number of carbonyl (C=O) groups is 2. The number of aryl methyl sites for hydroxylation is 2. The average molecular weight is 499 g/mol. The molecule has 7 nitrogen and oxygen atoms in total. The summed E-state index contributed by atoms with van der Waals surface area (Å²) in [6, 6.07) is 15.4. The zero-order valence-corrected chi connectivity index (χ0v) is 20.1. The first kappa shape index (κ1) is 23.0. The van der Waals surface area contributed by atoms with E-state index in [-0.39, 0.29) is 11.3 Å². The van der Waals surface area contributed by atoms with Crippen molar-refractivity contribution in [3.8, 4) is 5.69 Å². The van der Waals surface area contributed by atoms with Crippen LogP contribution in [-0.2, 0) is 4.79 Å². The second-order valence-corrected chi connectivity index (χ2v) is 9.71. The van der Waals surface area contributed by atoms with Gasteiger partial charge in [0.2, 0.25) is 5.91 Å². The normalized spacial score (nSPS) is 10.9. The molecule has 0 saturated carbocycles. The van der Waals surface area contributed by atoms with Crippen molar-refractivity contribution < 1.29 is 9.59 Å². The highest BCUT2D eigenvalue weighted by atomic mass is 35.5. The third-order valence-electron chi connectivity index (χ3n) is 4.94. The molecule has 2 aromatic heterocycles. The molecule has 168 valence electrons. The molecule has 0 bridgehead atoms. The van der Waals surface area contributed by atoms with Gasteiger partial charge in [-0.05, 0) is 55.8 Å². The number of fused-ring (bicyclic) bond motifs is 1. The number of nitrogens with zero attached hydrogens (tertiary/aromatic N) is 2. The smallest absolute Gasteiger partial charge is 0.269 e. The fourth-order valence-corrected chi connectivity index (χ4v) is 5.15. The lowest BCUT2D eigenvalue weighted by Crippen LogP contribution is -2.42. The van der Waals surface area contributed by atoms with E-state index in [4.69, 9.17) is 11.6 Å². The number of rotatable bonds is 5. The van der Waals surface area contributed by atoms with Crippen LogP contribution < -0.4 is 16.4 Å². The molecule has 0 spiro atoms. The molecule has 4 rings (SSSR count). The van der Waals surface area contributed by atoms with Gasteiger partial charge in [0.25, 0.3) is 11.5 Å². The molecule has 33 heavy (non-hydrogen) atoms. The van der Waals surface area contributed by atoms with Crippen molar-refractivity contribution in [1.82, 2.24) is 20.4 Å². The minimum atomic E-state index is -0.431. The molecule has 0 atom stereocenters. The molecular weight excluding hydrogens is 480 g/mol. The Morgan fingerprint density at radius 1 is 1.06 bits per heavy atom. The van der Waals surface area contributed by atoms with Gasteiger partial charge in [0, 0.05) is 15.5 Å². The van der Waals surface area contributed by atoms with Crippen LogP contribution in [0, 0.1) is 13.8 Å². The number of nitrogens with one attached hydrogen (secondary N) is 2. The lowest BCUT2D eigenvalue weighted by atomic mass is 10.2.